The molecule has 3 saturated heterocycles. The van der Waals surface area contributed by atoms with Crippen LogP contribution in [0.5, 0.6) is 5.75 Å². The van der Waals surface area contributed by atoms with Gasteiger partial charge in [0.15, 0.2) is 0 Å². The van der Waals surface area contributed by atoms with Gasteiger partial charge in [-0.15, -0.1) is 0 Å². The number of piperidine rings is 3. The summed E-state index contributed by atoms with van der Waals surface area (Å²) in [6.45, 7) is 4.90. The van der Waals surface area contributed by atoms with E-state index in [4.69, 9.17) is 17.0 Å². The third kappa shape index (κ3) is 4.98. The minimum Gasteiger partial charge on any atom is -0.497 e. The number of methoxy groups -OCH3 is 1. The molecule has 1 saturated carbocycles. The Morgan fingerprint density at radius 3 is 2.76 bits per heavy atom. The van der Waals surface area contributed by atoms with E-state index in [-0.39, 0.29) is 0 Å². The van der Waals surface area contributed by atoms with Crippen molar-refractivity contribution in [3.05, 3.63) is 36.0 Å². The van der Waals surface area contributed by atoms with Crippen molar-refractivity contribution in [1.29, 1.82) is 0 Å². The molecule has 3 nitrogen and oxygen atoms in total. The number of rotatable bonds is 8. The fourth-order valence-electron chi connectivity index (χ4n) is 7.15. The van der Waals surface area contributed by atoms with Crippen molar-refractivity contribution in [1.82, 2.24) is 9.88 Å². The van der Waals surface area contributed by atoms with Gasteiger partial charge in [0.1, 0.15) is 5.75 Å². The summed E-state index contributed by atoms with van der Waals surface area (Å²) in [5, 5.41) is 1.25. The summed E-state index contributed by atoms with van der Waals surface area (Å²) in [7, 11) is 1.75. The van der Waals surface area contributed by atoms with Gasteiger partial charge in [-0.1, -0.05) is 57.7 Å². The molecule has 3 aliphatic heterocycles. The normalized spacial score (nSPS) is 28.7. The summed E-state index contributed by atoms with van der Waals surface area (Å²) in [5.74, 6) is 3.92. The van der Waals surface area contributed by atoms with E-state index in [0.29, 0.717) is 12.0 Å². The lowest BCUT2D eigenvalue weighted by molar-refractivity contribution is -0.0104. The third-order valence-electron chi connectivity index (χ3n) is 9.00. The predicted molar refractivity (Wildman–Crippen MR) is 141 cm³/mol. The molecule has 0 radical (unpaired) electrons. The molecular weight excluding hydrogens is 424 g/mol. The van der Waals surface area contributed by atoms with Gasteiger partial charge in [0.05, 0.1) is 12.6 Å². The number of pyridine rings is 1. The summed E-state index contributed by atoms with van der Waals surface area (Å²) < 4.78 is 5.60. The van der Waals surface area contributed by atoms with E-state index in [1.165, 1.54) is 80.3 Å². The first kappa shape index (κ1) is 23.2. The number of fused-ring (bicyclic) bond motifs is 4. The van der Waals surface area contributed by atoms with E-state index < -0.39 is 0 Å². The molecule has 4 heteroatoms. The Labute approximate surface area is 205 Å². The molecule has 4 heterocycles. The van der Waals surface area contributed by atoms with E-state index in [1.54, 1.807) is 7.11 Å². The van der Waals surface area contributed by atoms with Crippen LogP contribution in [0.4, 0.5) is 0 Å². The Bertz CT molecular complexity index is 969. The molecule has 0 amide bonds. The van der Waals surface area contributed by atoms with E-state index in [2.05, 4.69) is 35.0 Å². The molecule has 2 bridgehead atoms. The third-order valence-corrected chi connectivity index (χ3v) is 9.33. The average molecular weight is 465 g/mol. The standard InChI is InChI=1S/C29H40N2OS/c1-3-21-19-31-14-12-22(21)16-29(31)27(18-24(33)15-20-7-5-4-6-8-20)25-11-13-30-28-10-9-23(32-2)17-26(25)28/h9-11,13,17,20-22,27,29H,3-8,12,14-16,18-19H2,1-2H3/t21?,22?,27-,29-/m1/s1. The zero-order valence-electron chi connectivity index (χ0n) is 20.5. The first-order chi connectivity index (χ1) is 16.2. The Morgan fingerprint density at radius 1 is 1.18 bits per heavy atom. The van der Waals surface area contributed by atoms with E-state index in [0.717, 1.165) is 41.9 Å². The zero-order valence-corrected chi connectivity index (χ0v) is 21.3. The van der Waals surface area contributed by atoms with Crippen molar-refractivity contribution >= 4 is 28.0 Å². The predicted octanol–water partition coefficient (Wildman–Crippen LogP) is 7.18. The number of nitrogens with zero attached hydrogens (tertiary/aromatic N) is 2. The maximum absolute atomic E-state index is 6.13. The largest absolute Gasteiger partial charge is 0.497 e. The van der Waals surface area contributed by atoms with Crippen LogP contribution in [0.15, 0.2) is 30.5 Å². The van der Waals surface area contributed by atoms with Crippen LogP contribution in [0.1, 0.15) is 82.6 Å². The highest BCUT2D eigenvalue weighted by Gasteiger charge is 2.43. The molecule has 0 spiro atoms. The molecule has 4 fully saturated rings. The number of aromatic nitrogens is 1. The monoisotopic (exact) mass is 464 g/mol. The lowest BCUT2D eigenvalue weighted by atomic mass is 9.69. The van der Waals surface area contributed by atoms with Gasteiger partial charge in [0.25, 0.3) is 0 Å². The van der Waals surface area contributed by atoms with Crippen molar-refractivity contribution < 1.29 is 4.74 Å². The summed E-state index contributed by atoms with van der Waals surface area (Å²) in [4.78, 5) is 8.80. The summed E-state index contributed by atoms with van der Waals surface area (Å²) in [6, 6.07) is 9.19. The molecular formula is C29H40N2OS. The van der Waals surface area contributed by atoms with Gasteiger partial charge in [-0.2, -0.15) is 0 Å². The van der Waals surface area contributed by atoms with Crippen LogP contribution < -0.4 is 4.74 Å². The van der Waals surface area contributed by atoms with Crippen LogP contribution >= 0.6 is 12.2 Å². The first-order valence-electron chi connectivity index (χ1n) is 13.3. The lowest BCUT2D eigenvalue weighted by Gasteiger charge is -2.52. The molecule has 2 aromatic rings. The second kappa shape index (κ2) is 10.4. The number of ether oxygens (including phenoxy) is 1. The minimum atomic E-state index is 0.444. The van der Waals surface area contributed by atoms with Gasteiger partial charge in [0, 0.05) is 30.1 Å². The molecule has 4 aliphatic rings. The smallest absolute Gasteiger partial charge is 0.119 e. The zero-order chi connectivity index (χ0) is 22.8. The summed E-state index contributed by atoms with van der Waals surface area (Å²) >= 11 is 6.13. The number of thiocarbonyl (C=S) groups is 1. The Kier molecular flexibility index (Phi) is 7.32. The van der Waals surface area contributed by atoms with Gasteiger partial charge in [-0.3, -0.25) is 9.88 Å². The highest BCUT2D eigenvalue weighted by atomic mass is 32.1. The quantitative estimate of drug-likeness (QED) is 0.386. The molecule has 33 heavy (non-hydrogen) atoms. The molecule has 1 aliphatic carbocycles. The molecule has 0 N–H and O–H groups in total. The van der Waals surface area contributed by atoms with Crippen LogP contribution in [0.3, 0.4) is 0 Å². The van der Waals surface area contributed by atoms with Gasteiger partial charge in [-0.25, -0.2) is 0 Å². The highest BCUT2D eigenvalue weighted by Crippen LogP contribution is 2.45. The SMILES string of the molecule is CCC1CN2CCC1C[C@@H]2[C@H](CC(=S)CC1CCCCC1)c1ccnc2ccc(OC)cc12. The van der Waals surface area contributed by atoms with Crippen LogP contribution in [-0.4, -0.2) is 41.0 Å². The van der Waals surface area contributed by atoms with Crippen molar-refractivity contribution in [3.8, 4) is 5.75 Å². The van der Waals surface area contributed by atoms with Crippen LogP contribution in [0, 0.1) is 17.8 Å². The van der Waals surface area contributed by atoms with E-state index >= 15 is 0 Å². The first-order valence-corrected chi connectivity index (χ1v) is 13.8. The Balaban J connectivity index is 1.47. The van der Waals surface area contributed by atoms with Crippen LogP contribution in [0.2, 0.25) is 0 Å². The molecule has 3 unspecified atom stereocenters. The maximum Gasteiger partial charge on any atom is 0.119 e. The fourth-order valence-corrected chi connectivity index (χ4v) is 7.57. The highest BCUT2D eigenvalue weighted by molar-refractivity contribution is 7.80. The minimum absolute atomic E-state index is 0.444. The van der Waals surface area contributed by atoms with Crippen molar-refractivity contribution in [2.75, 3.05) is 20.2 Å². The van der Waals surface area contributed by atoms with Crippen molar-refractivity contribution in [3.63, 3.8) is 0 Å². The number of benzene rings is 1. The lowest BCUT2D eigenvalue weighted by Crippen LogP contribution is -2.55. The molecule has 5 atom stereocenters. The second-order valence-electron chi connectivity index (χ2n) is 10.9. The molecule has 178 valence electrons. The number of hydrogen-bond acceptors (Lipinski definition) is 4. The topological polar surface area (TPSA) is 25.4 Å². The maximum atomic E-state index is 6.13. The van der Waals surface area contributed by atoms with Crippen LogP contribution in [0.25, 0.3) is 10.9 Å². The number of hydrogen-bond donors (Lipinski definition) is 0. The van der Waals surface area contributed by atoms with Gasteiger partial charge >= 0.3 is 0 Å². The van der Waals surface area contributed by atoms with Gasteiger partial charge < -0.3 is 4.74 Å². The summed E-state index contributed by atoms with van der Waals surface area (Å²) in [6.07, 6.45) is 15.1. The van der Waals surface area contributed by atoms with Crippen molar-refractivity contribution in [2.45, 2.75) is 83.1 Å². The van der Waals surface area contributed by atoms with Crippen LogP contribution in [-0.2, 0) is 0 Å². The van der Waals surface area contributed by atoms with Gasteiger partial charge in [-0.05, 0) is 84.7 Å². The average Bonchev–Trinajstić information content (AvgIpc) is 2.87. The second-order valence-corrected chi connectivity index (χ2v) is 11.4. The van der Waals surface area contributed by atoms with E-state index in [1.807, 2.05) is 12.3 Å². The van der Waals surface area contributed by atoms with E-state index in [9.17, 15) is 0 Å². The molecule has 1 aromatic carbocycles. The molecule has 6 rings (SSSR count). The Hall–Kier alpha value is -1.52. The fraction of sp³-hybridized carbons (Fsp3) is 0.655. The summed E-state index contributed by atoms with van der Waals surface area (Å²) in [5.41, 5.74) is 2.49. The van der Waals surface area contributed by atoms with Gasteiger partial charge in [0.2, 0.25) is 0 Å². The van der Waals surface area contributed by atoms with Crippen molar-refractivity contribution in [2.24, 2.45) is 17.8 Å². The molecule has 1 aromatic heterocycles. The Morgan fingerprint density at radius 2 is 2.03 bits per heavy atom.